The first-order valence-corrected chi connectivity index (χ1v) is 9.29. The molecule has 1 amide bonds. The highest BCUT2D eigenvalue weighted by Gasteiger charge is 2.41. The van der Waals surface area contributed by atoms with E-state index in [1.54, 1.807) is 13.0 Å². The predicted octanol–water partition coefficient (Wildman–Crippen LogP) is 0.465. The number of sulfonamides is 1. The molecule has 1 N–H and O–H groups in total. The number of carbonyl (C=O) groups is 1. The first-order valence-electron chi connectivity index (χ1n) is 7.45. The number of rotatable bonds is 5. The van der Waals surface area contributed by atoms with Crippen molar-refractivity contribution in [2.45, 2.75) is 38.8 Å². The van der Waals surface area contributed by atoms with Gasteiger partial charge in [-0.3, -0.25) is 4.79 Å². The van der Waals surface area contributed by atoms with E-state index in [4.69, 9.17) is 9.26 Å². The molecule has 0 aromatic carbocycles. The molecule has 2 rings (SSSR count). The predicted molar refractivity (Wildman–Crippen MR) is 83.2 cm³/mol. The highest BCUT2D eigenvalue weighted by atomic mass is 32.2. The van der Waals surface area contributed by atoms with Gasteiger partial charge in [-0.05, 0) is 12.8 Å². The van der Waals surface area contributed by atoms with E-state index in [1.807, 2.05) is 13.8 Å². The third-order valence-corrected chi connectivity index (χ3v) is 5.03. The lowest BCUT2D eigenvalue weighted by Crippen LogP contribution is -2.59. The van der Waals surface area contributed by atoms with Crippen molar-refractivity contribution in [1.82, 2.24) is 14.8 Å². The summed E-state index contributed by atoms with van der Waals surface area (Å²) in [4.78, 5) is 12.4. The Morgan fingerprint density at radius 1 is 1.52 bits per heavy atom. The molecule has 0 saturated carbocycles. The minimum atomic E-state index is -3.36. The zero-order chi connectivity index (χ0) is 17.3. The highest BCUT2D eigenvalue weighted by molar-refractivity contribution is 7.88. The molecule has 2 heterocycles. The molecule has 23 heavy (non-hydrogen) atoms. The number of aromatic nitrogens is 1. The van der Waals surface area contributed by atoms with Gasteiger partial charge in [0.1, 0.15) is 0 Å². The van der Waals surface area contributed by atoms with Gasteiger partial charge in [0.2, 0.25) is 10.0 Å². The number of carbonyl (C=O) groups excluding carboxylic acids is 1. The Kier molecular flexibility index (Phi) is 5.12. The largest absolute Gasteiger partial charge is 0.363 e. The maximum Gasteiger partial charge on any atom is 0.253 e. The summed E-state index contributed by atoms with van der Waals surface area (Å²) in [6.07, 6.45) is 1.12. The van der Waals surface area contributed by atoms with Crippen molar-refractivity contribution in [3.63, 3.8) is 0 Å². The van der Waals surface area contributed by atoms with E-state index in [-0.39, 0.29) is 38.1 Å². The minimum Gasteiger partial charge on any atom is -0.363 e. The van der Waals surface area contributed by atoms with Gasteiger partial charge in [-0.25, -0.2) is 8.42 Å². The molecular weight excluding hydrogens is 322 g/mol. The van der Waals surface area contributed by atoms with E-state index in [1.165, 1.54) is 4.31 Å². The molecule has 1 aliphatic rings. The molecule has 1 aromatic rings. The van der Waals surface area contributed by atoms with Crippen LogP contribution in [-0.4, -0.2) is 55.3 Å². The lowest BCUT2D eigenvalue weighted by molar-refractivity contribution is -0.152. The van der Waals surface area contributed by atoms with Crippen molar-refractivity contribution in [2.24, 2.45) is 0 Å². The zero-order valence-corrected chi connectivity index (χ0v) is 14.6. The second-order valence-corrected chi connectivity index (χ2v) is 8.21. The van der Waals surface area contributed by atoms with Crippen LogP contribution in [0.3, 0.4) is 0 Å². The Balaban J connectivity index is 1.98. The van der Waals surface area contributed by atoms with E-state index in [9.17, 15) is 13.2 Å². The van der Waals surface area contributed by atoms with Crippen LogP contribution in [0.15, 0.2) is 10.6 Å². The zero-order valence-electron chi connectivity index (χ0n) is 13.8. The summed E-state index contributed by atoms with van der Waals surface area (Å²) in [5.41, 5.74) is -0.403. The van der Waals surface area contributed by atoms with Crippen LogP contribution in [-0.2, 0) is 26.1 Å². The summed E-state index contributed by atoms with van der Waals surface area (Å²) in [5.74, 6) is 0.403. The molecule has 0 unspecified atom stereocenters. The van der Waals surface area contributed by atoms with E-state index >= 15 is 0 Å². The summed E-state index contributed by atoms with van der Waals surface area (Å²) in [6.45, 7) is 6.17. The molecular formula is C14H23N3O5S. The van der Waals surface area contributed by atoms with E-state index in [0.29, 0.717) is 5.76 Å². The normalized spacial score (nSPS) is 23.2. The van der Waals surface area contributed by atoms with Crippen molar-refractivity contribution >= 4 is 15.9 Å². The van der Waals surface area contributed by atoms with Gasteiger partial charge >= 0.3 is 0 Å². The summed E-state index contributed by atoms with van der Waals surface area (Å²) < 4.78 is 35.2. The number of nitrogens with zero attached hydrogens (tertiary/aromatic N) is 2. The SMILES string of the molecule is CC(C)c1cc(CNC(=O)[C@@]2(C)CN(S(C)(=O)=O)CCO2)on1. The van der Waals surface area contributed by atoms with Crippen molar-refractivity contribution in [1.29, 1.82) is 0 Å². The van der Waals surface area contributed by atoms with Crippen molar-refractivity contribution in [2.75, 3.05) is 26.0 Å². The topological polar surface area (TPSA) is 102 Å². The molecule has 1 atom stereocenters. The molecule has 8 nitrogen and oxygen atoms in total. The molecule has 1 fully saturated rings. The number of morpholine rings is 1. The highest BCUT2D eigenvalue weighted by Crippen LogP contribution is 2.20. The first kappa shape index (κ1) is 17.9. The summed E-state index contributed by atoms with van der Waals surface area (Å²) in [7, 11) is -3.36. The average Bonchev–Trinajstić information content (AvgIpc) is 2.93. The smallest absolute Gasteiger partial charge is 0.253 e. The Morgan fingerprint density at radius 3 is 2.78 bits per heavy atom. The fraction of sp³-hybridized carbons (Fsp3) is 0.714. The summed E-state index contributed by atoms with van der Waals surface area (Å²) in [5, 5.41) is 6.64. The number of hydrogen-bond donors (Lipinski definition) is 1. The maximum absolute atomic E-state index is 12.4. The van der Waals surface area contributed by atoms with Crippen LogP contribution in [0.25, 0.3) is 0 Å². The quantitative estimate of drug-likeness (QED) is 0.832. The molecule has 0 radical (unpaired) electrons. The van der Waals surface area contributed by atoms with Gasteiger partial charge < -0.3 is 14.6 Å². The average molecular weight is 345 g/mol. The second kappa shape index (κ2) is 6.58. The van der Waals surface area contributed by atoms with Gasteiger partial charge in [0.25, 0.3) is 5.91 Å². The number of amides is 1. The van der Waals surface area contributed by atoms with Crippen molar-refractivity contribution in [3.8, 4) is 0 Å². The lowest BCUT2D eigenvalue weighted by atomic mass is 10.0. The third-order valence-electron chi connectivity index (χ3n) is 3.78. The van der Waals surface area contributed by atoms with Crippen LogP contribution in [0, 0.1) is 0 Å². The van der Waals surface area contributed by atoms with Gasteiger partial charge in [0.05, 0.1) is 31.6 Å². The molecule has 1 aromatic heterocycles. The van der Waals surface area contributed by atoms with Crippen LogP contribution >= 0.6 is 0 Å². The molecule has 0 spiro atoms. The maximum atomic E-state index is 12.4. The van der Waals surface area contributed by atoms with Crippen LogP contribution in [0.2, 0.25) is 0 Å². The van der Waals surface area contributed by atoms with Crippen molar-refractivity contribution < 1.29 is 22.5 Å². The standard InChI is InChI=1S/C14H23N3O5S/c1-10(2)12-7-11(22-16-12)8-15-13(18)14(3)9-17(5-6-21-14)23(4,19)20/h7,10H,5-6,8-9H2,1-4H3,(H,15,18)/t14-/m1/s1. The lowest BCUT2D eigenvalue weighted by Gasteiger charge is -2.37. The van der Waals surface area contributed by atoms with E-state index < -0.39 is 15.6 Å². The first-order chi connectivity index (χ1) is 10.6. The van der Waals surface area contributed by atoms with Gasteiger partial charge in [0.15, 0.2) is 11.4 Å². The molecule has 9 heteroatoms. The van der Waals surface area contributed by atoms with Gasteiger partial charge in [-0.1, -0.05) is 19.0 Å². The number of nitrogens with one attached hydrogen (secondary N) is 1. The minimum absolute atomic E-state index is 0.00862. The van der Waals surface area contributed by atoms with Crippen LogP contribution in [0.5, 0.6) is 0 Å². The number of hydrogen-bond acceptors (Lipinski definition) is 6. The van der Waals surface area contributed by atoms with Gasteiger partial charge in [-0.15, -0.1) is 0 Å². The van der Waals surface area contributed by atoms with E-state index in [2.05, 4.69) is 10.5 Å². The van der Waals surface area contributed by atoms with Gasteiger partial charge in [0, 0.05) is 12.6 Å². The van der Waals surface area contributed by atoms with Crippen LogP contribution < -0.4 is 5.32 Å². The fourth-order valence-electron chi connectivity index (χ4n) is 2.29. The van der Waals surface area contributed by atoms with Crippen LogP contribution in [0.4, 0.5) is 0 Å². The molecule has 0 bridgehead atoms. The van der Waals surface area contributed by atoms with Gasteiger partial charge in [-0.2, -0.15) is 4.31 Å². The molecule has 1 aliphatic heterocycles. The summed E-state index contributed by atoms with van der Waals surface area (Å²) in [6, 6.07) is 1.79. The Labute approximate surface area is 136 Å². The Hall–Kier alpha value is -1.45. The van der Waals surface area contributed by atoms with Crippen LogP contribution in [0.1, 0.15) is 38.1 Å². The van der Waals surface area contributed by atoms with Crippen molar-refractivity contribution in [3.05, 3.63) is 17.5 Å². The van der Waals surface area contributed by atoms with E-state index in [0.717, 1.165) is 11.9 Å². The third kappa shape index (κ3) is 4.30. The number of ether oxygens (including phenoxy) is 1. The Morgan fingerprint density at radius 2 is 2.22 bits per heavy atom. The second-order valence-electron chi connectivity index (χ2n) is 6.23. The monoisotopic (exact) mass is 345 g/mol. The molecule has 1 saturated heterocycles. The molecule has 0 aliphatic carbocycles. The summed E-state index contributed by atoms with van der Waals surface area (Å²) >= 11 is 0. The fourth-order valence-corrected chi connectivity index (χ4v) is 3.18. The molecule has 130 valence electrons. The Bertz CT molecular complexity index is 670.